The molecular formula is C51H36N2. The largest absolute Gasteiger partial charge is 0.228 e. The fourth-order valence-corrected chi connectivity index (χ4v) is 8.31. The van der Waals surface area contributed by atoms with Gasteiger partial charge in [0.05, 0.1) is 11.4 Å². The normalized spacial score (nSPS) is 12.9. The van der Waals surface area contributed by atoms with Gasteiger partial charge in [-0.05, 0) is 84.3 Å². The van der Waals surface area contributed by atoms with Crippen LogP contribution in [0.2, 0.25) is 0 Å². The first kappa shape index (κ1) is 31.1. The van der Waals surface area contributed by atoms with E-state index in [-0.39, 0.29) is 5.41 Å². The van der Waals surface area contributed by atoms with Crippen molar-refractivity contribution in [3.8, 4) is 67.3 Å². The van der Waals surface area contributed by atoms with Crippen LogP contribution in [-0.2, 0) is 5.41 Å². The number of rotatable bonds is 5. The second kappa shape index (κ2) is 12.3. The Morgan fingerprint density at radius 2 is 0.943 bits per heavy atom. The van der Waals surface area contributed by atoms with E-state index in [4.69, 9.17) is 9.97 Å². The summed E-state index contributed by atoms with van der Waals surface area (Å²) in [7, 11) is 0. The van der Waals surface area contributed by atoms with E-state index >= 15 is 0 Å². The first-order chi connectivity index (χ1) is 26.0. The van der Waals surface area contributed by atoms with Gasteiger partial charge in [-0.3, -0.25) is 0 Å². The van der Waals surface area contributed by atoms with Crippen molar-refractivity contribution >= 4 is 21.5 Å². The fourth-order valence-electron chi connectivity index (χ4n) is 8.31. The van der Waals surface area contributed by atoms with Crippen LogP contribution in [0, 0.1) is 0 Å². The second-order valence-corrected chi connectivity index (χ2v) is 14.6. The van der Waals surface area contributed by atoms with Crippen LogP contribution < -0.4 is 0 Å². The quantitative estimate of drug-likeness (QED) is 0.181. The first-order valence-corrected chi connectivity index (χ1v) is 18.3. The monoisotopic (exact) mass is 676 g/mol. The third kappa shape index (κ3) is 5.26. The van der Waals surface area contributed by atoms with Gasteiger partial charge < -0.3 is 0 Å². The Balaban J connectivity index is 1.09. The van der Waals surface area contributed by atoms with E-state index < -0.39 is 0 Å². The zero-order chi connectivity index (χ0) is 35.5. The third-order valence-corrected chi connectivity index (χ3v) is 11.1. The molecule has 0 amide bonds. The summed E-state index contributed by atoms with van der Waals surface area (Å²) in [6.45, 7) is 4.67. The molecule has 8 aromatic carbocycles. The van der Waals surface area contributed by atoms with Crippen molar-refractivity contribution in [1.29, 1.82) is 0 Å². The molecule has 1 aliphatic rings. The van der Waals surface area contributed by atoms with E-state index in [0.717, 1.165) is 28.1 Å². The molecule has 0 saturated carbocycles. The highest BCUT2D eigenvalue weighted by molar-refractivity contribution is 6.05. The van der Waals surface area contributed by atoms with E-state index in [2.05, 4.69) is 178 Å². The van der Waals surface area contributed by atoms with Gasteiger partial charge in [-0.1, -0.05) is 178 Å². The van der Waals surface area contributed by atoms with Gasteiger partial charge in [-0.2, -0.15) is 0 Å². The van der Waals surface area contributed by atoms with Gasteiger partial charge in [0.15, 0.2) is 5.82 Å². The van der Waals surface area contributed by atoms with Crippen molar-refractivity contribution in [2.45, 2.75) is 19.3 Å². The summed E-state index contributed by atoms with van der Waals surface area (Å²) in [5.41, 5.74) is 15.2. The van der Waals surface area contributed by atoms with Gasteiger partial charge in [0, 0.05) is 22.1 Å². The van der Waals surface area contributed by atoms with Crippen LogP contribution in [0.4, 0.5) is 0 Å². The number of nitrogens with zero attached hydrogens (tertiary/aromatic N) is 2. The minimum atomic E-state index is -0.0195. The molecule has 0 N–H and O–H groups in total. The lowest BCUT2D eigenvalue weighted by molar-refractivity contribution is 0.660. The Bertz CT molecular complexity index is 2850. The molecule has 0 unspecified atom stereocenters. The predicted molar refractivity (Wildman–Crippen MR) is 222 cm³/mol. The van der Waals surface area contributed by atoms with Crippen molar-refractivity contribution in [3.05, 3.63) is 193 Å². The summed E-state index contributed by atoms with van der Waals surface area (Å²) in [4.78, 5) is 10.4. The van der Waals surface area contributed by atoms with E-state index in [9.17, 15) is 0 Å². The van der Waals surface area contributed by atoms with Crippen LogP contribution >= 0.6 is 0 Å². The average Bonchev–Trinajstić information content (AvgIpc) is 3.45. The van der Waals surface area contributed by atoms with Gasteiger partial charge in [-0.15, -0.1) is 0 Å². The molecule has 53 heavy (non-hydrogen) atoms. The molecule has 1 aromatic heterocycles. The lowest BCUT2D eigenvalue weighted by Gasteiger charge is -2.21. The van der Waals surface area contributed by atoms with Gasteiger partial charge >= 0.3 is 0 Å². The van der Waals surface area contributed by atoms with E-state index in [1.54, 1.807) is 0 Å². The van der Waals surface area contributed by atoms with Crippen LogP contribution in [0.1, 0.15) is 25.0 Å². The van der Waals surface area contributed by atoms with E-state index in [1.165, 1.54) is 66.1 Å². The summed E-state index contributed by atoms with van der Waals surface area (Å²) in [5, 5.41) is 4.86. The van der Waals surface area contributed by atoms with Gasteiger partial charge in [-0.25, -0.2) is 9.97 Å². The summed E-state index contributed by atoms with van der Waals surface area (Å²) in [6.07, 6.45) is 0. The van der Waals surface area contributed by atoms with E-state index in [0.29, 0.717) is 5.82 Å². The Morgan fingerprint density at radius 3 is 1.77 bits per heavy atom. The highest BCUT2D eigenvalue weighted by Crippen LogP contribution is 2.50. The lowest BCUT2D eigenvalue weighted by Crippen LogP contribution is -2.14. The van der Waals surface area contributed by atoms with Gasteiger partial charge in [0.2, 0.25) is 0 Å². The highest BCUT2D eigenvalue weighted by atomic mass is 14.9. The molecule has 9 aromatic rings. The second-order valence-electron chi connectivity index (χ2n) is 14.6. The molecular weight excluding hydrogens is 641 g/mol. The molecule has 2 heteroatoms. The Kier molecular flexibility index (Phi) is 7.19. The minimum absolute atomic E-state index is 0.0195. The van der Waals surface area contributed by atoms with Crippen LogP contribution in [0.3, 0.4) is 0 Å². The van der Waals surface area contributed by atoms with Crippen LogP contribution in [-0.4, -0.2) is 9.97 Å². The summed E-state index contributed by atoms with van der Waals surface area (Å²) in [6, 6.07) is 65.5. The molecule has 0 aliphatic heterocycles. The molecule has 0 radical (unpaired) electrons. The Morgan fingerprint density at radius 1 is 0.340 bits per heavy atom. The maximum Gasteiger partial charge on any atom is 0.160 e. The lowest BCUT2D eigenvalue weighted by atomic mass is 9.82. The third-order valence-electron chi connectivity index (χ3n) is 11.1. The summed E-state index contributed by atoms with van der Waals surface area (Å²) >= 11 is 0. The number of hydrogen-bond donors (Lipinski definition) is 0. The molecule has 1 aliphatic carbocycles. The molecule has 250 valence electrons. The van der Waals surface area contributed by atoms with Crippen LogP contribution in [0.5, 0.6) is 0 Å². The van der Waals surface area contributed by atoms with Crippen molar-refractivity contribution in [1.82, 2.24) is 9.97 Å². The maximum absolute atomic E-state index is 5.22. The SMILES string of the molecule is CC1(C)c2ccccc2-c2cc(-c3ccc(-c4cc(-c5ccc(-c6ccc7ccccc7c6)cc5)nc(-c5ccccc5)n4)c4ccccc34)ccc21. The zero-order valence-corrected chi connectivity index (χ0v) is 29.7. The summed E-state index contributed by atoms with van der Waals surface area (Å²) in [5.74, 6) is 0.713. The fraction of sp³-hybridized carbons (Fsp3) is 0.0588. The van der Waals surface area contributed by atoms with Crippen molar-refractivity contribution < 1.29 is 0 Å². The molecule has 0 bridgehead atoms. The molecule has 0 atom stereocenters. The highest BCUT2D eigenvalue weighted by Gasteiger charge is 2.35. The standard InChI is InChI=1S/C51H36N2/c1-51(2)46-19-11-10-18-43(46)45-31-39(26-29-47(45)51)40-27-28-44(42-17-9-8-16-41(40)42)49-32-48(52-50(53-49)36-13-4-3-5-14-36)35-23-20-34(21-24-35)38-25-22-33-12-6-7-15-37(33)30-38/h3-32H,1-2H3. The Labute approximate surface area is 310 Å². The summed E-state index contributed by atoms with van der Waals surface area (Å²) < 4.78 is 0. The van der Waals surface area contributed by atoms with Crippen LogP contribution in [0.15, 0.2) is 182 Å². The average molecular weight is 677 g/mol. The number of aromatic nitrogens is 2. The topological polar surface area (TPSA) is 25.8 Å². The van der Waals surface area contributed by atoms with Crippen molar-refractivity contribution in [3.63, 3.8) is 0 Å². The molecule has 1 heterocycles. The number of benzene rings is 8. The first-order valence-electron chi connectivity index (χ1n) is 18.3. The van der Waals surface area contributed by atoms with Crippen molar-refractivity contribution in [2.75, 3.05) is 0 Å². The zero-order valence-electron chi connectivity index (χ0n) is 29.7. The van der Waals surface area contributed by atoms with Crippen LogP contribution in [0.25, 0.3) is 88.8 Å². The smallest absolute Gasteiger partial charge is 0.160 e. The number of hydrogen-bond acceptors (Lipinski definition) is 2. The number of fused-ring (bicyclic) bond motifs is 5. The minimum Gasteiger partial charge on any atom is -0.228 e. The van der Waals surface area contributed by atoms with E-state index in [1.807, 2.05) is 18.2 Å². The van der Waals surface area contributed by atoms with Crippen molar-refractivity contribution in [2.24, 2.45) is 0 Å². The predicted octanol–water partition coefficient (Wildman–Crippen LogP) is 13.4. The maximum atomic E-state index is 5.22. The molecule has 0 saturated heterocycles. The molecule has 0 spiro atoms. The van der Waals surface area contributed by atoms with Gasteiger partial charge in [0.1, 0.15) is 0 Å². The molecule has 0 fully saturated rings. The Hall–Kier alpha value is -6.64. The molecule has 2 nitrogen and oxygen atoms in total. The molecule has 10 rings (SSSR count). The van der Waals surface area contributed by atoms with Gasteiger partial charge in [0.25, 0.3) is 0 Å².